The van der Waals surface area contributed by atoms with Gasteiger partial charge < -0.3 is 9.80 Å². The molecule has 1 aliphatic heterocycles. The van der Waals surface area contributed by atoms with E-state index in [9.17, 15) is 9.18 Å². The summed E-state index contributed by atoms with van der Waals surface area (Å²) in [4.78, 5) is 29.7. The molecule has 0 N–H and O–H groups in total. The molecule has 0 bridgehead atoms. The number of nitrogens with zero attached hydrogens (tertiary/aromatic N) is 5. The summed E-state index contributed by atoms with van der Waals surface area (Å²) in [6.07, 6.45) is 6.33. The van der Waals surface area contributed by atoms with Crippen LogP contribution >= 0.6 is 0 Å². The Bertz CT molecular complexity index is 1220. The lowest BCUT2D eigenvalue weighted by atomic mass is 10.1. The van der Waals surface area contributed by atoms with E-state index in [-0.39, 0.29) is 17.4 Å². The highest BCUT2D eigenvalue weighted by Crippen LogP contribution is 2.24. The minimum absolute atomic E-state index is 0.0977. The van der Waals surface area contributed by atoms with Crippen LogP contribution in [0, 0.1) is 5.82 Å². The van der Waals surface area contributed by atoms with Gasteiger partial charge in [0.25, 0.3) is 0 Å². The zero-order valence-electron chi connectivity index (χ0n) is 19.2. The highest BCUT2D eigenvalue weighted by molar-refractivity contribution is 5.98. The number of ketones is 1. The predicted octanol–water partition coefficient (Wildman–Crippen LogP) is 4.72. The fraction of sp³-hybridized carbons (Fsp3) is 0.308. The molecule has 0 unspecified atom stereocenters. The summed E-state index contributed by atoms with van der Waals surface area (Å²) in [5.74, 6) is 0.162. The molecule has 4 rings (SSSR count). The molecule has 170 valence electrons. The summed E-state index contributed by atoms with van der Waals surface area (Å²) in [7, 11) is 0. The van der Waals surface area contributed by atoms with Gasteiger partial charge in [0.2, 0.25) is 0 Å². The van der Waals surface area contributed by atoms with E-state index >= 15 is 0 Å². The molecule has 3 aromatic rings. The maximum Gasteiger partial charge on any atom is 0.157 e. The molecule has 0 aliphatic carbocycles. The van der Waals surface area contributed by atoms with E-state index in [0.717, 1.165) is 48.3 Å². The number of halogens is 1. The monoisotopic (exact) mass is 445 g/mol. The van der Waals surface area contributed by atoms with Gasteiger partial charge in [0.1, 0.15) is 5.84 Å². The van der Waals surface area contributed by atoms with Crippen molar-refractivity contribution in [3.05, 3.63) is 72.4 Å². The first-order chi connectivity index (χ1) is 16.0. The normalized spacial score (nSPS) is 17.5. The number of carbonyl (C=O) groups excluding carboxylic acids is 1. The fourth-order valence-corrected chi connectivity index (χ4v) is 4.15. The number of hydrogen-bond acceptors (Lipinski definition) is 5. The lowest BCUT2D eigenvalue weighted by Gasteiger charge is -2.42. The minimum Gasteiger partial charge on any atom is -0.366 e. The number of aromatic nitrogens is 2. The quantitative estimate of drug-likeness (QED) is 0.323. The van der Waals surface area contributed by atoms with Crippen LogP contribution in [0.15, 0.2) is 66.1 Å². The highest BCUT2D eigenvalue weighted by atomic mass is 19.1. The molecule has 33 heavy (non-hydrogen) atoms. The van der Waals surface area contributed by atoms with Crippen LogP contribution in [0.4, 0.5) is 10.1 Å². The number of rotatable bonds is 5. The number of piperazine rings is 1. The van der Waals surface area contributed by atoms with Crippen LogP contribution in [0.5, 0.6) is 0 Å². The van der Waals surface area contributed by atoms with Gasteiger partial charge in [-0.25, -0.2) is 9.38 Å². The Morgan fingerprint density at radius 1 is 1.24 bits per heavy atom. The van der Waals surface area contributed by atoms with Crippen molar-refractivity contribution in [1.29, 1.82) is 0 Å². The van der Waals surface area contributed by atoms with E-state index in [1.165, 1.54) is 12.3 Å². The maximum atomic E-state index is 14.4. The van der Waals surface area contributed by atoms with Gasteiger partial charge in [0, 0.05) is 55.3 Å². The second kappa shape index (κ2) is 9.90. The number of carbonyl (C=O) groups is 1. The number of pyridine rings is 2. The van der Waals surface area contributed by atoms with Crippen LogP contribution in [-0.2, 0) is 4.79 Å². The van der Waals surface area contributed by atoms with Crippen molar-refractivity contribution >= 4 is 33.9 Å². The van der Waals surface area contributed by atoms with Gasteiger partial charge in [-0.05, 0) is 32.0 Å². The molecule has 3 heterocycles. The summed E-state index contributed by atoms with van der Waals surface area (Å²) < 4.78 is 14.4. The topological polar surface area (TPSA) is 61.7 Å². The average Bonchev–Trinajstić information content (AvgIpc) is 2.83. The number of para-hydroxylation sites is 1. The fourth-order valence-electron chi connectivity index (χ4n) is 4.15. The maximum absolute atomic E-state index is 14.4. The van der Waals surface area contributed by atoms with Crippen molar-refractivity contribution < 1.29 is 9.18 Å². The van der Waals surface area contributed by atoms with Crippen LogP contribution in [0.2, 0.25) is 0 Å². The standard InChI is InChI=1S/C26H28FN5O/c1-4-22(33)14-26(23-9-10-28-16-24(23)27)30-19(3)32-12-11-31(17-18(32)2)21-13-20-7-5-6-8-25(20)29-15-21/h5-10,13-16,18H,4,11-12,17H2,1-3H3/b26-14-,30-19?/t18-/m1/s1. The summed E-state index contributed by atoms with van der Waals surface area (Å²) in [5.41, 5.74) is 2.69. The Morgan fingerprint density at radius 2 is 2.06 bits per heavy atom. The zero-order valence-corrected chi connectivity index (χ0v) is 19.2. The first-order valence-electron chi connectivity index (χ1n) is 11.2. The molecule has 1 aromatic carbocycles. The van der Waals surface area contributed by atoms with Crippen molar-refractivity contribution in [2.75, 3.05) is 24.5 Å². The van der Waals surface area contributed by atoms with Gasteiger partial charge in [0.15, 0.2) is 11.6 Å². The SMILES string of the molecule is CCC(=O)/C=C(\N=C(C)N1CCN(c2cnc3ccccc3c2)C[C@H]1C)c1ccncc1F. The number of fused-ring (bicyclic) bond motifs is 1. The summed E-state index contributed by atoms with van der Waals surface area (Å²) in [5, 5.41) is 1.12. The summed E-state index contributed by atoms with van der Waals surface area (Å²) >= 11 is 0. The number of allylic oxidation sites excluding steroid dienone is 1. The number of aliphatic imine (C=N–C) groups is 1. The third-order valence-corrected chi connectivity index (χ3v) is 5.96. The van der Waals surface area contributed by atoms with Crippen molar-refractivity contribution in [3.8, 4) is 0 Å². The van der Waals surface area contributed by atoms with Crippen LogP contribution in [0.25, 0.3) is 16.6 Å². The Hall–Kier alpha value is -3.61. The van der Waals surface area contributed by atoms with Crippen molar-refractivity contribution in [2.45, 2.75) is 33.2 Å². The molecule has 2 aromatic heterocycles. The molecular formula is C26H28FN5O. The van der Waals surface area contributed by atoms with E-state index in [1.54, 1.807) is 13.0 Å². The number of hydrogen-bond donors (Lipinski definition) is 0. The lowest BCUT2D eigenvalue weighted by molar-refractivity contribution is -0.114. The van der Waals surface area contributed by atoms with Crippen molar-refractivity contribution in [1.82, 2.24) is 14.9 Å². The van der Waals surface area contributed by atoms with Crippen molar-refractivity contribution in [2.24, 2.45) is 4.99 Å². The zero-order chi connectivity index (χ0) is 23.4. The molecule has 6 nitrogen and oxygen atoms in total. The van der Waals surface area contributed by atoms with Crippen LogP contribution in [0.1, 0.15) is 32.8 Å². The summed E-state index contributed by atoms with van der Waals surface area (Å²) in [6, 6.07) is 12.0. The van der Waals surface area contributed by atoms with Gasteiger partial charge in [-0.2, -0.15) is 0 Å². The molecular weight excluding hydrogens is 417 g/mol. The predicted molar refractivity (Wildman–Crippen MR) is 131 cm³/mol. The molecule has 0 saturated carbocycles. The largest absolute Gasteiger partial charge is 0.366 e. The first kappa shape index (κ1) is 22.6. The third-order valence-electron chi connectivity index (χ3n) is 5.96. The Balaban J connectivity index is 1.55. The second-order valence-electron chi connectivity index (χ2n) is 8.24. The smallest absolute Gasteiger partial charge is 0.157 e. The molecule has 1 fully saturated rings. The van der Waals surface area contributed by atoms with Gasteiger partial charge in [-0.1, -0.05) is 25.1 Å². The second-order valence-corrected chi connectivity index (χ2v) is 8.24. The van der Waals surface area contributed by atoms with E-state index in [0.29, 0.717) is 12.1 Å². The van der Waals surface area contributed by atoms with Gasteiger partial charge in [-0.15, -0.1) is 0 Å². The molecule has 0 radical (unpaired) electrons. The van der Waals surface area contributed by atoms with Crippen LogP contribution < -0.4 is 4.90 Å². The van der Waals surface area contributed by atoms with E-state index in [1.807, 2.05) is 31.3 Å². The molecule has 0 spiro atoms. The molecule has 0 amide bonds. The molecule has 1 saturated heterocycles. The van der Waals surface area contributed by atoms with Crippen LogP contribution in [0.3, 0.4) is 0 Å². The number of benzene rings is 1. The molecule has 1 aliphatic rings. The third kappa shape index (κ3) is 5.08. The molecule has 1 atom stereocenters. The van der Waals surface area contributed by atoms with E-state index in [4.69, 9.17) is 4.99 Å². The number of anilines is 1. The van der Waals surface area contributed by atoms with E-state index < -0.39 is 5.82 Å². The molecule has 7 heteroatoms. The lowest BCUT2D eigenvalue weighted by Crippen LogP contribution is -2.53. The van der Waals surface area contributed by atoms with Gasteiger partial charge in [0.05, 0.1) is 29.3 Å². The van der Waals surface area contributed by atoms with Gasteiger partial charge in [-0.3, -0.25) is 14.8 Å². The minimum atomic E-state index is -0.495. The van der Waals surface area contributed by atoms with Crippen LogP contribution in [-0.4, -0.2) is 52.2 Å². The van der Waals surface area contributed by atoms with Crippen molar-refractivity contribution in [3.63, 3.8) is 0 Å². The van der Waals surface area contributed by atoms with E-state index in [2.05, 4.69) is 38.8 Å². The highest BCUT2D eigenvalue weighted by Gasteiger charge is 2.25. The Morgan fingerprint density at radius 3 is 2.82 bits per heavy atom. The van der Waals surface area contributed by atoms with Gasteiger partial charge >= 0.3 is 0 Å². The number of amidine groups is 1. The summed E-state index contributed by atoms with van der Waals surface area (Å²) in [6.45, 7) is 8.22. The first-order valence-corrected chi connectivity index (χ1v) is 11.2. The Labute approximate surface area is 193 Å². The Kier molecular flexibility index (Phi) is 6.77. The average molecular weight is 446 g/mol.